The van der Waals surface area contributed by atoms with E-state index >= 15 is 0 Å². The maximum atomic E-state index is 13.9. The van der Waals surface area contributed by atoms with Gasteiger partial charge < -0.3 is 26.3 Å². The van der Waals surface area contributed by atoms with Gasteiger partial charge in [-0.25, -0.2) is 4.98 Å². The number of benzene rings is 5. The van der Waals surface area contributed by atoms with Crippen LogP contribution in [0.25, 0.3) is 21.8 Å². The number of amides is 1. The summed E-state index contributed by atoms with van der Waals surface area (Å²) >= 11 is 0. The summed E-state index contributed by atoms with van der Waals surface area (Å²) in [7, 11) is 2.02. The minimum atomic E-state index is -0.0647. The lowest BCUT2D eigenvalue weighted by atomic mass is 10.0. The molecule has 6 aromatic rings. The Labute approximate surface area is 273 Å². The van der Waals surface area contributed by atoms with Gasteiger partial charge in [0.15, 0.2) is 0 Å². The van der Waals surface area contributed by atoms with Crippen molar-refractivity contribution in [3.8, 4) is 0 Å². The van der Waals surface area contributed by atoms with E-state index in [1.165, 1.54) is 0 Å². The van der Waals surface area contributed by atoms with Gasteiger partial charge in [-0.1, -0.05) is 84.9 Å². The van der Waals surface area contributed by atoms with Crippen LogP contribution in [-0.2, 0) is 37.8 Å². The van der Waals surface area contributed by atoms with Crippen molar-refractivity contribution in [3.05, 3.63) is 143 Å². The summed E-state index contributed by atoms with van der Waals surface area (Å²) < 4.78 is 2.11. The van der Waals surface area contributed by atoms with Gasteiger partial charge in [0.1, 0.15) is 17.5 Å². The molecule has 5 aromatic carbocycles. The monoisotopic (exact) mass is 622 g/mol. The highest BCUT2D eigenvalue weighted by Crippen LogP contribution is 2.27. The third kappa shape index (κ3) is 7.05. The summed E-state index contributed by atoms with van der Waals surface area (Å²) in [6.07, 6.45) is 1.54. The number of imidazole rings is 1. The van der Waals surface area contributed by atoms with Crippen LogP contribution >= 0.6 is 0 Å². The smallest absolute Gasteiger partial charge is 0.241 e. The molecular formula is C38H38N8O. The van der Waals surface area contributed by atoms with E-state index < -0.39 is 0 Å². The second-order valence-corrected chi connectivity index (χ2v) is 11.7. The molecule has 0 radical (unpaired) electrons. The van der Waals surface area contributed by atoms with Crippen molar-refractivity contribution in [2.45, 2.75) is 25.9 Å². The van der Waals surface area contributed by atoms with Crippen LogP contribution in [0.3, 0.4) is 0 Å². The molecular weight excluding hydrogens is 584 g/mol. The number of nitrogens with one attached hydrogen (secondary N) is 3. The number of amidine groups is 2. The SMILES string of the molecule is Cn1c(CCc2ccc(C(=N)N)cc2)nc2cc(N(Cc3cccc4ccccc34)C(=O)CNCc3cccc(C(=N)N)c3)ccc21. The van der Waals surface area contributed by atoms with Crippen LogP contribution in [-0.4, -0.2) is 33.7 Å². The number of anilines is 1. The van der Waals surface area contributed by atoms with E-state index in [9.17, 15) is 4.79 Å². The number of carbonyl (C=O) groups excluding carboxylic acids is 1. The quantitative estimate of drug-likeness (QED) is 0.0915. The fraction of sp³-hybridized carbons (Fsp3) is 0.158. The molecule has 7 N–H and O–H groups in total. The molecule has 1 amide bonds. The van der Waals surface area contributed by atoms with E-state index in [-0.39, 0.29) is 24.1 Å². The lowest BCUT2D eigenvalue weighted by Crippen LogP contribution is -2.37. The third-order valence-electron chi connectivity index (χ3n) is 8.52. The molecule has 47 heavy (non-hydrogen) atoms. The van der Waals surface area contributed by atoms with Crippen molar-refractivity contribution >= 4 is 45.1 Å². The van der Waals surface area contributed by atoms with Crippen molar-refractivity contribution in [1.82, 2.24) is 14.9 Å². The summed E-state index contributed by atoms with van der Waals surface area (Å²) in [6.45, 7) is 1.00. The molecule has 9 heteroatoms. The predicted molar refractivity (Wildman–Crippen MR) is 190 cm³/mol. The van der Waals surface area contributed by atoms with Crippen LogP contribution in [0.2, 0.25) is 0 Å². The molecule has 9 nitrogen and oxygen atoms in total. The maximum absolute atomic E-state index is 13.9. The Morgan fingerprint density at radius 1 is 0.809 bits per heavy atom. The number of fused-ring (bicyclic) bond motifs is 2. The molecule has 0 saturated heterocycles. The standard InChI is InChI=1S/C38H38N8O/c1-45-34-18-17-31(21-33(34)44-35(45)19-14-25-12-15-28(16-13-25)37(39)40)46(24-30-10-5-8-27-7-2-3-11-32(27)30)36(47)23-43-22-26-6-4-9-29(20-26)38(41)42/h2-13,15-18,20-21,43H,14,19,22-24H2,1H3,(H3,39,40)(H3,41,42). The normalized spacial score (nSPS) is 11.2. The molecule has 0 saturated carbocycles. The van der Waals surface area contributed by atoms with Crippen molar-refractivity contribution in [2.75, 3.05) is 11.4 Å². The van der Waals surface area contributed by atoms with Gasteiger partial charge in [-0.05, 0) is 58.1 Å². The zero-order valence-electron chi connectivity index (χ0n) is 26.3. The zero-order chi connectivity index (χ0) is 32.9. The number of carbonyl (C=O) groups is 1. The third-order valence-corrected chi connectivity index (χ3v) is 8.52. The molecule has 0 spiro atoms. The Morgan fingerprint density at radius 2 is 1.55 bits per heavy atom. The highest BCUT2D eigenvalue weighted by molar-refractivity contribution is 5.98. The average molecular weight is 623 g/mol. The molecule has 0 unspecified atom stereocenters. The molecule has 6 rings (SSSR count). The molecule has 0 aliphatic heterocycles. The van der Waals surface area contributed by atoms with Gasteiger partial charge in [0.25, 0.3) is 0 Å². The van der Waals surface area contributed by atoms with Gasteiger partial charge >= 0.3 is 0 Å². The first-order chi connectivity index (χ1) is 22.8. The fourth-order valence-corrected chi connectivity index (χ4v) is 5.92. The van der Waals surface area contributed by atoms with Gasteiger partial charge in [-0.2, -0.15) is 0 Å². The summed E-state index contributed by atoms with van der Waals surface area (Å²) in [5, 5.41) is 20.9. The van der Waals surface area contributed by atoms with E-state index in [2.05, 4.69) is 34.1 Å². The summed E-state index contributed by atoms with van der Waals surface area (Å²) in [5.74, 6) is 0.964. The van der Waals surface area contributed by atoms with Crippen molar-refractivity contribution in [3.63, 3.8) is 0 Å². The van der Waals surface area contributed by atoms with Gasteiger partial charge in [-0.15, -0.1) is 0 Å². The number of aryl methyl sites for hydroxylation is 3. The molecule has 236 valence electrons. The van der Waals surface area contributed by atoms with Gasteiger partial charge in [-0.3, -0.25) is 15.6 Å². The minimum absolute atomic E-state index is 0.0144. The molecule has 0 aliphatic rings. The van der Waals surface area contributed by atoms with Crippen LogP contribution in [0.4, 0.5) is 5.69 Å². The Bertz CT molecular complexity index is 2090. The zero-order valence-corrected chi connectivity index (χ0v) is 26.3. The summed E-state index contributed by atoms with van der Waals surface area (Å²) in [4.78, 5) is 20.8. The molecule has 0 aliphatic carbocycles. The number of nitrogen functional groups attached to an aromatic ring is 2. The Hall–Kier alpha value is -5.80. The van der Waals surface area contributed by atoms with Crippen LogP contribution in [0.5, 0.6) is 0 Å². The van der Waals surface area contributed by atoms with Crippen LogP contribution < -0.4 is 21.7 Å². The highest BCUT2D eigenvalue weighted by Gasteiger charge is 2.19. The largest absolute Gasteiger partial charge is 0.384 e. The van der Waals surface area contributed by atoms with E-state index in [1.807, 2.05) is 90.8 Å². The van der Waals surface area contributed by atoms with Crippen molar-refractivity contribution in [1.29, 1.82) is 10.8 Å². The Morgan fingerprint density at radius 3 is 2.34 bits per heavy atom. The van der Waals surface area contributed by atoms with Crippen LogP contribution in [0, 0.1) is 10.8 Å². The lowest BCUT2D eigenvalue weighted by Gasteiger charge is -2.24. The number of nitrogens with two attached hydrogens (primary N) is 2. The number of hydrogen-bond donors (Lipinski definition) is 5. The van der Waals surface area contributed by atoms with Crippen LogP contribution in [0.15, 0.2) is 109 Å². The summed E-state index contributed by atoms with van der Waals surface area (Å²) in [6, 6.07) is 35.7. The number of rotatable bonds is 12. The number of aromatic nitrogens is 2. The highest BCUT2D eigenvalue weighted by atomic mass is 16.2. The molecule has 1 aromatic heterocycles. The number of hydrogen-bond acceptors (Lipinski definition) is 5. The lowest BCUT2D eigenvalue weighted by molar-refractivity contribution is -0.118. The summed E-state index contributed by atoms with van der Waals surface area (Å²) in [5.41, 5.74) is 18.4. The maximum Gasteiger partial charge on any atom is 0.241 e. The first-order valence-electron chi connectivity index (χ1n) is 15.6. The molecule has 0 atom stereocenters. The van der Waals surface area contributed by atoms with Gasteiger partial charge in [0.2, 0.25) is 5.91 Å². The van der Waals surface area contributed by atoms with Crippen LogP contribution in [0.1, 0.15) is 33.6 Å². The average Bonchev–Trinajstić information content (AvgIpc) is 3.40. The molecule has 0 bridgehead atoms. The molecule has 0 fully saturated rings. The fourth-order valence-electron chi connectivity index (χ4n) is 5.92. The minimum Gasteiger partial charge on any atom is -0.384 e. The second-order valence-electron chi connectivity index (χ2n) is 11.7. The van der Waals surface area contributed by atoms with E-state index in [4.69, 9.17) is 27.3 Å². The first-order valence-corrected chi connectivity index (χ1v) is 15.6. The Kier molecular flexibility index (Phi) is 9.08. The Balaban J connectivity index is 1.25. The number of nitrogens with zero attached hydrogens (tertiary/aromatic N) is 3. The van der Waals surface area contributed by atoms with E-state index in [0.717, 1.165) is 62.8 Å². The van der Waals surface area contributed by atoms with Gasteiger partial charge in [0, 0.05) is 36.8 Å². The van der Waals surface area contributed by atoms with E-state index in [1.54, 1.807) is 6.07 Å². The predicted octanol–water partition coefficient (Wildman–Crippen LogP) is 5.40. The van der Waals surface area contributed by atoms with E-state index in [0.29, 0.717) is 24.2 Å². The van der Waals surface area contributed by atoms with Crippen molar-refractivity contribution < 1.29 is 4.79 Å². The molecule has 1 heterocycles. The second kappa shape index (κ2) is 13.7. The first kappa shape index (κ1) is 31.2. The topological polar surface area (TPSA) is 150 Å². The van der Waals surface area contributed by atoms with Gasteiger partial charge in [0.05, 0.1) is 24.1 Å². The van der Waals surface area contributed by atoms with Crippen molar-refractivity contribution in [2.24, 2.45) is 18.5 Å².